The van der Waals surface area contributed by atoms with E-state index >= 15 is 0 Å². The molecule has 0 N–H and O–H groups in total. The number of imide groups is 1. The van der Waals surface area contributed by atoms with Crippen molar-refractivity contribution >= 4 is 33.3 Å². The zero-order valence-electron chi connectivity index (χ0n) is 26.4. The number of hydrogen-bond donors (Lipinski definition) is 0. The Bertz CT molecular complexity index is 2140. The molecule has 2 amide bonds. The quantitative estimate of drug-likeness (QED) is 0.134. The highest BCUT2D eigenvalue weighted by atomic mass is 32.2. The van der Waals surface area contributed by atoms with Gasteiger partial charge in [0, 0.05) is 22.9 Å². The summed E-state index contributed by atoms with van der Waals surface area (Å²) in [6, 6.07) is 22.9. The molecule has 2 aliphatic heterocycles. The van der Waals surface area contributed by atoms with Gasteiger partial charge in [0.2, 0.25) is 0 Å². The first-order valence-electron chi connectivity index (χ1n) is 15.2. The monoisotopic (exact) mass is 660 g/mol. The van der Waals surface area contributed by atoms with Gasteiger partial charge in [0.15, 0.2) is 9.84 Å². The molecular formula is C37H32N4O6S. The lowest BCUT2D eigenvalue weighted by molar-refractivity contribution is -0.142. The topological polar surface area (TPSA) is 132 Å². The first kappa shape index (κ1) is 32.2. The van der Waals surface area contributed by atoms with Crippen LogP contribution < -0.4 is 9.47 Å². The maximum atomic E-state index is 14.5. The van der Waals surface area contributed by atoms with Gasteiger partial charge in [-0.1, -0.05) is 43.0 Å². The molecule has 1 fully saturated rings. The molecule has 0 aliphatic carbocycles. The number of methoxy groups -OCH3 is 1. The summed E-state index contributed by atoms with van der Waals surface area (Å²) in [5.41, 5.74) is 3.87. The van der Waals surface area contributed by atoms with Crippen LogP contribution in [0.3, 0.4) is 0 Å². The Labute approximate surface area is 278 Å². The molecule has 0 saturated carbocycles. The second kappa shape index (κ2) is 13.2. The number of nitriles is 1. The summed E-state index contributed by atoms with van der Waals surface area (Å²) in [5.74, 6) is -0.770. The molecule has 4 aromatic rings. The zero-order chi connectivity index (χ0) is 34.0. The Morgan fingerprint density at radius 1 is 1.04 bits per heavy atom. The van der Waals surface area contributed by atoms with Crippen molar-refractivity contribution in [2.75, 3.05) is 25.2 Å². The predicted molar refractivity (Wildman–Crippen MR) is 182 cm³/mol. The van der Waals surface area contributed by atoms with Crippen molar-refractivity contribution in [1.82, 2.24) is 14.7 Å². The van der Waals surface area contributed by atoms with Gasteiger partial charge in [0.25, 0.3) is 11.8 Å². The van der Waals surface area contributed by atoms with E-state index in [9.17, 15) is 23.3 Å². The molecule has 0 radical (unpaired) electrons. The number of sulfone groups is 1. The van der Waals surface area contributed by atoms with Gasteiger partial charge in [-0.15, -0.1) is 0 Å². The van der Waals surface area contributed by atoms with Crippen molar-refractivity contribution in [2.45, 2.75) is 19.4 Å². The van der Waals surface area contributed by atoms with Gasteiger partial charge >= 0.3 is 0 Å². The average molecular weight is 661 g/mol. The lowest BCUT2D eigenvalue weighted by atomic mass is 9.86. The number of carbonyl (C=O) groups excluding carboxylic acids is 2. The summed E-state index contributed by atoms with van der Waals surface area (Å²) in [6.07, 6.45) is 5.17. The third-order valence-electron chi connectivity index (χ3n) is 8.33. The van der Waals surface area contributed by atoms with E-state index in [1.807, 2.05) is 61.5 Å². The van der Waals surface area contributed by atoms with Gasteiger partial charge in [0.05, 0.1) is 41.6 Å². The van der Waals surface area contributed by atoms with Crippen molar-refractivity contribution < 1.29 is 27.5 Å². The number of nitrogens with zero attached hydrogens (tertiary/aromatic N) is 4. The Morgan fingerprint density at radius 3 is 2.40 bits per heavy atom. The van der Waals surface area contributed by atoms with Gasteiger partial charge < -0.3 is 9.47 Å². The highest BCUT2D eigenvalue weighted by molar-refractivity contribution is 7.91. The number of aryl methyl sites for hydroxylation is 1. The normalized spacial score (nSPS) is 18.2. The number of ether oxygens (including phenoxy) is 2. The molecule has 1 saturated heterocycles. The van der Waals surface area contributed by atoms with E-state index in [-0.39, 0.29) is 34.6 Å². The van der Waals surface area contributed by atoms with E-state index < -0.39 is 27.7 Å². The molecule has 0 spiro atoms. The number of aromatic nitrogens is 2. The second-order valence-electron chi connectivity index (χ2n) is 11.5. The van der Waals surface area contributed by atoms with E-state index in [0.29, 0.717) is 34.9 Å². The summed E-state index contributed by atoms with van der Waals surface area (Å²) in [6.45, 7) is 5.98. The molecule has 242 valence electrons. The van der Waals surface area contributed by atoms with Crippen LogP contribution in [-0.2, 0) is 19.4 Å². The maximum Gasteiger partial charge on any atom is 0.272 e. The van der Waals surface area contributed by atoms with Gasteiger partial charge in [-0.05, 0) is 73.0 Å². The van der Waals surface area contributed by atoms with Crippen molar-refractivity contribution in [3.63, 3.8) is 0 Å². The average Bonchev–Trinajstić information content (AvgIpc) is 3.68. The number of benzene rings is 3. The first-order chi connectivity index (χ1) is 23.1. The maximum absolute atomic E-state index is 14.5. The van der Waals surface area contributed by atoms with Crippen LogP contribution in [0.1, 0.15) is 23.1 Å². The summed E-state index contributed by atoms with van der Waals surface area (Å²) in [7, 11) is -1.94. The van der Waals surface area contributed by atoms with Crippen LogP contribution >= 0.6 is 0 Å². The van der Waals surface area contributed by atoms with Gasteiger partial charge in [-0.25, -0.2) is 13.1 Å². The summed E-state index contributed by atoms with van der Waals surface area (Å²) >= 11 is 0. The van der Waals surface area contributed by atoms with Crippen molar-refractivity contribution in [3.05, 3.63) is 119 Å². The Morgan fingerprint density at radius 2 is 1.77 bits per heavy atom. The SMILES string of the molecule is C=CCOc1ccc(-c2nn(-c3ccccc3)cc2/C=C2\C(=O)N(C3CCS(=O)(=O)C3)C(=O)C(C#N)=C2c2ccc(OC)cc2)cc1C. The molecule has 0 bridgehead atoms. The number of amides is 2. The van der Waals surface area contributed by atoms with Crippen molar-refractivity contribution in [1.29, 1.82) is 5.26 Å². The molecule has 1 aromatic heterocycles. The van der Waals surface area contributed by atoms with Crippen LogP contribution in [0.25, 0.3) is 28.6 Å². The molecule has 6 rings (SSSR count). The minimum Gasteiger partial charge on any atom is -0.497 e. The molecule has 2 aliphatic rings. The van der Waals surface area contributed by atoms with E-state index in [4.69, 9.17) is 14.6 Å². The molecule has 48 heavy (non-hydrogen) atoms. The molecule has 3 aromatic carbocycles. The minimum absolute atomic E-state index is 0.0668. The van der Waals surface area contributed by atoms with E-state index in [1.54, 1.807) is 47.3 Å². The van der Waals surface area contributed by atoms with Gasteiger partial charge in [-0.2, -0.15) is 10.4 Å². The third-order valence-corrected chi connectivity index (χ3v) is 10.1. The van der Waals surface area contributed by atoms with E-state index in [2.05, 4.69) is 6.58 Å². The largest absolute Gasteiger partial charge is 0.497 e. The fourth-order valence-corrected chi connectivity index (χ4v) is 7.69. The summed E-state index contributed by atoms with van der Waals surface area (Å²) in [4.78, 5) is 29.2. The number of para-hydroxylation sites is 1. The standard InChI is InChI=1S/C37H32N4O6S/c1-4-17-47-33-15-12-26(19-24(33)2)35-27(22-40(39-35)28-8-6-5-7-9-28)20-31-34(25-10-13-30(46-3)14-11-25)32(21-38)37(43)41(36(31)42)29-16-18-48(44,45)23-29/h4-15,19-20,22,29H,1,16-18,23H2,2-3H3/b31-20-. The third kappa shape index (κ3) is 6.18. The molecule has 3 heterocycles. The molecule has 1 unspecified atom stereocenters. The van der Waals surface area contributed by atoms with E-state index in [1.165, 1.54) is 7.11 Å². The lowest BCUT2D eigenvalue weighted by Gasteiger charge is -2.32. The van der Waals surface area contributed by atoms with Crippen LogP contribution in [0.5, 0.6) is 11.5 Å². The number of hydrogen-bond acceptors (Lipinski definition) is 8. The molecule has 1 atom stereocenters. The van der Waals surface area contributed by atoms with Gasteiger partial charge in [0.1, 0.15) is 29.7 Å². The fourth-order valence-electron chi connectivity index (χ4n) is 5.99. The van der Waals surface area contributed by atoms with Crippen molar-refractivity contribution in [2.24, 2.45) is 0 Å². The first-order valence-corrected chi connectivity index (χ1v) is 17.0. The highest BCUT2D eigenvalue weighted by Gasteiger charge is 2.45. The zero-order valence-corrected chi connectivity index (χ0v) is 27.2. The highest BCUT2D eigenvalue weighted by Crippen LogP contribution is 2.39. The second-order valence-corrected chi connectivity index (χ2v) is 13.7. The Kier molecular flexibility index (Phi) is 8.84. The molecule has 10 nitrogen and oxygen atoms in total. The summed E-state index contributed by atoms with van der Waals surface area (Å²) < 4.78 is 37.7. The molecule has 11 heteroatoms. The fraction of sp³-hybridized carbons (Fsp3) is 0.189. The lowest BCUT2D eigenvalue weighted by Crippen LogP contribution is -2.49. The van der Waals surface area contributed by atoms with Gasteiger partial charge in [-0.3, -0.25) is 14.5 Å². The van der Waals surface area contributed by atoms with Crippen LogP contribution in [-0.4, -0.2) is 66.2 Å². The van der Waals surface area contributed by atoms with Crippen molar-refractivity contribution in [3.8, 4) is 34.5 Å². The summed E-state index contributed by atoms with van der Waals surface area (Å²) in [5, 5.41) is 15.3. The predicted octanol–water partition coefficient (Wildman–Crippen LogP) is 5.34. The Hall–Kier alpha value is -5.73. The number of rotatable bonds is 9. The van der Waals surface area contributed by atoms with Crippen LogP contribution in [0.2, 0.25) is 0 Å². The molecular weight excluding hydrogens is 628 g/mol. The smallest absolute Gasteiger partial charge is 0.272 e. The minimum atomic E-state index is -3.46. The van der Waals surface area contributed by atoms with Crippen LogP contribution in [0.4, 0.5) is 0 Å². The van der Waals surface area contributed by atoms with Crippen LogP contribution in [0.15, 0.2) is 103 Å². The van der Waals surface area contributed by atoms with Crippen LogP contribution in [0, 0.1) is 18.3 Å². The van der Waals surface area contributed by atoms with E-state index in [0.717, 1.165) is 21.7 Å². The number of carbonyl (C=O) groups is 2. The Balaban J connectivity index is 1.58.